The van der Waals surface area contributed by atoms with E-state index in [0.29, 0.717) is 12.1 Å². The molecule has 1 atom stereocenters. The molecule has 1 rings (SSSR count). The van der Waals surface area contributed by atoms with Gasteiger partial charge in [0.05, 0.1) is 24.1 Å². The van der Waals surface area contributed by atoms with Crippen molar-refractivity contribution in [2.45, 2.75) is 13.5 Å². The van der Waals surface area contributed by atoms with Crippen molar-refractivity contribution in [3.05, 3.63) is 35.4 Å². The van der Waals surface area contributed by atoms with Crippen LogP contribution in [-0.2, 0) is 16.1 Å². The van der Waals surface area contributed by atoms with Gasteiger partial charge in [0.1, 0.15) is 0 Å². The number of hydrogen-bond donors (Lipinski definition) is 2. The van der Waals surface area contributed by atoms with Crippen LogP contribution in [0.1, 0.15) is 18.1 Å². The van der Waals surface area contributed by atoms with Gasteiger partial charge in [-0.15, -0.1) is 0 Å². The monoisotopic (exact) mass is 276 g/mol. The molecular formula is C14H16N2O4. The predicted molar refractivity (Wildman–Crippen MR) is 70.9 cm³/mol. The van der Waals surface area contributed by atoms with Gasteiger partial charge in [-0.3, -0.25) is 14.5 Å². The largest absolute Gasteiger partial charge is 0.481 e. The number of benzene rings is 1. The van der Waals surface area contributed by atoms with E-state index in [2.05, 4.69) is 0 Å². The third kappa shape index (κ3) is 5.08. The number of carboxylic acid groups (broad SMARTS) is 2. The van der Waals surface area contributed by atoms with Gasteiger partial charge < -0.3 is 10.2 Å². The Morgan fingerprint density at radius 2 is 2.10 bits per heavy atom. The Kier molecular flexibility index (Phi) is 5.69. The van der Waals surface area contributed by atoms with Gasteiger partial charge >= 0.3 is 11.9 Å². The molecule has 106 valence electrons. The molecule has 6 heteroatoms. The molecule has 20 heavy (non-hydrogen) atoms. The fraction of sp³-hybridized carbons (Fsp3) is 0.357. The third-order valence-corrected chi connectivity index (χ3v) is 2.77. The molecular weight excluding hydrogens is 260 g/mol. The van der Waals surface area contributed by atoms with Crippen molar-refractivity contribution >= 4 is 11.9 Å². The molecule has 0 aromatic heterocycles. The number of hydrogen-bond acceptors (Lipinski definition) is 4. The zero-order valence-electron chi connectivity index (χ0n) is 11.1. The Morgan fingerprint density at radius 3 is 2.65 bits per heavy atom. The third-order valence-electron chi connectivity index (χ3n) is 2.77. The summed E-state index contributed by atoms with van der Waals surface area (Å²) in [7, 11) is 0. The number of carboxylic acids is 2. The van der Waals surface area contributed by atoms with E-state index < -0.39 is 17.9 Å². The topological polar surface area (TPSA) is 102 Å². The van der Waals surface area contributed by atoms with Crippen LogP contribution in [-0.4, -0.2) is 40.1 Å². The standard InChI is InChI=1S/C14H16N2O4/c1-10(14(19)20)7-16(9-13(17)18)8-12-4-2-3-11(5-12)6-15/h2-5,10H,7-9H2,1H3,(H,17,18)(H,19,20). The van der Waals surface area contributed by atoms with Crippen LogP contribution in [0, 0.1) is 17.2 Å². The van der Waals surface area contributed by atoms with Crippen molar-refractivity contribution in [3.8, 4) is 6.07 Å². The number of nitrogens with zero attached hydrogens (tertiary/aromatic N) is 2. The first-order valence-corrected chi connectivity index (χ1v) is 6.08. The summed E-state index contributed by atoms with van der Waals surface area (Å²) in [6, 6.07) is 8.83. The molecule has 0 spiro atoms. The van der Waals surface area contributed by atoms with Gasteiger partial charge in [-0.1, -0.05) is 19.1 Å². The highest BCUT2D eigenvalue weighted by molar-refractivity contribution is 5.71. The molecule has 0 radical (unpaired) electrons. The van der Waals surface area contributed by atoms with Crippen molar-refractivity contribution < 1.29 is 19.8 Å². The second-order valence-corrected chi connectivity index (χ2v) is 4.61. The SMILES string of the molecule is CC(CN(CC(=O)O)Cc1cccc(C#N)c1)C(=O)O. The van der Waals surface area contributed by atoms with Crippen molar-refractivity contribution in [1.82, 2.24) is 4.90 Å². The summed E-state index contributed by atoms with van der Waals surface area (Å²) in [5.74, 6) is -2.64. The van der Waals surface area contributed by atoms with E-state index in [-0.39, 0.29) is 13.1 Å². The summed E-state index contributed by atoms with van der Waals surface area (Å²) < 4.78 is 0. The van der Waals surface area contributed by atoms with Gasteiger partial charge in [0.2, 0.25) is 0 Å². The number of rotatable bonds is 7. The smallest absolute Gasteiger partial charge is 0.317 e. The Hall–Kier alpha value is -2.39. The molecule has 0 fully saturated rings. The van der Waals surface area contributed by atoms with Crippen LogP contribution in [0.25, 0.3) is 0 Å². The highest BCUT2D eigenvalue weighted by atomic mass is 16.4. The minimum atomic E-state index is -1.01. The maximum absolute atomic E-state index is 10.9. The Bertz CT molecular complexity index is 536. The van der Waals surface area contributed by atoms with E-state index in [1.165, 1.54) is 11.8 Å². The van der Waals surface area contributed by atoms with Crippen LogP contribution in [0.2, 0.25) is 0 Å². The lowest BCUT2D eigenvalue weighted by atomic mass is 10.1. The van der Waals surface area contributed by atoms with Crippen LogP contribution >= 0.6 is 0 Å². The average molecular weight is 276 g/mol. The molecule has 1 aromatic carbocycles. The lowest BCUT2D eigenvalue weighted by molar-refractivity contribution is -0.144. The first-order valence-electron chi connectivity index (χ1n) is 6.08. The Labute approximate surface area is 116 Å². The van der Waals surface area contributed by atoms with Gasteiger partial charge in [0, 0.05) is 13.1 Å². The van der Waals surface area contributed by atoms with E-state index in [4.69, 9.17) is 15.5 Å². The average Bonchev–Trinajstić information content (AvgIpc) is 2.37. The molecule has 1 unspecified atom stereocenters. The van der Waals surface area contributed by atoms with Crippen LogP contribution in [0.3, 0.4) is 0 Å². The molecule has 2 N–H and O–H groups in total. The van der Waals surface area contributed by atoms with Gasteiger partial charge in [0.25, 0.3) is 0 Å². The number of carbonyl (C=O) groups is 2. The Morgan fingerprint density at radius 1 is 1.40 bits per heavy atom. The van der Waals surface area contributed by atoms with Crippen molar-refractivity contribution in [1.29, 1.82) is 5.26 Å². The summed E-state index contributed by atoms with van der Waals surface area (Å²) in [6.07, 6.45) is 0. The molecule has 0 saturated carbocycles. The van der Waals surface area contributed by atoms with Gasteiger partial charge in [0.15, 0.2) is 0 Å². The van der Waals surface area contributed by atoms with Gasteiger partial charge in [-0.2, -0.15) is 5.26 Å². The summed E-state index contributed by atoms with van der Waals surface area (Å²) in [5, 5.41) is 26.6. The first kappa shape index (κ1) is 15.7. The maximum Gasteiger partial charge on any atom is 0.317 e. The zero-order chi connectivity index (χ0) is 15.1. The van der Waals surface area contributed by atoms with E-state index in [1.807, 2.05) is 6.07 Å². The fourth-order valence-electron chi connectivity index (χ4n) is 1.84. The normalized spacial score (nSPS) is 11.8. The van der Waals surface area contributed by atoms with Crippen molar-refractivity contribution in [2.75, 3.05) is 13.1 Å². The Balaban J connectivity index is 2.80. The lowest BCUT2D eigenvalue weighted by Gasteiger charge is -2.22. The number of aliphatic carboxylic acids is 2. The van der Waals surface area contributed by atoms with Gasteiger partial charge in [-0.25, -0.2) is 0 Å². The molecule has 0 aliphatic carbocycles. The second kappa shape index (κ2) is 7.26. The molecule has 1 aromatic rings. The first-order chi connectivity index (χ1) is 9.42. The summed E-state index contributed by atoms with van der Waals surface area (Å²) in [4.78, 5) is 23.2. The molecule has 0 heterocycles. The van der Waals surface area contributed by atoms with E-state index >= 15 is 0 Å². The highest BCUT2D eigenvalue weighted by Crippen LogP contribution is 2.10. The van der Waals surface area contributed by atoms with Crippen molar-refractivity contribution in [3.63, 3.8) is 0 Å². The summed E-state index contributed by atoms with van der Waals surface area (Å²) in [6.45, 7) is 1.72. The summed E-state index contributed by atoms with van der Waals surface area (Å²) >= 11 is 0. The summed E-state index contributed by atoms with van der Waals surface area (Å²) in [5.41, 5.74) is 1.27. The molecule has 0 amide bonds. The van der Waals surface area contributed by atoms with Crippen LogP contribution in [0.4, 0.5) is 0 Å². The fourth-order valence-corrected chi connectivity index (χ4v) is 1.84. The second-order valence-electron chi connectivity index (χ2n) is 4.61. The van der Waals surface area contributed by atoms with Crippen molar-refractivity contribution in [2.24, 2.45) is 5.92 Å². The lowest BCUT2D eigenvalue weighted by Crippen LogP contribution is -2.35. The molecule has 6 nitrogen and oxygen atoms in total. The molecule has 0 bridgehead atoms. The quantitative estimate of drug-likeness (QED) is 0.775. The predicted octanol–water partition coefficient (Wildman–Crippen LogP) is 1.17. The minimum Gasteiger partial charge on any atom is -0.481 e. The molecule has 0 saturated heterocycles. The maximum atomic E-state index is 10.9. The van der Waals surface area contributed by atoms with Crippen LogP contribution in [0.5, 0.6) is 0 Å². The van der Waals surface area contributed by atoms with Gasteiger partial charge in [-0.05, 0) is 17.7 Å². The van der Waals surface area contributed by atoms with E-state index in [1.54, 1.807) is 24.3 Å². The van der Waals surface area contributed by atoms with E-state index in [0.717, 1.165) is 5.56 Å². The highest BCUT2D eigenvalue weighted by Gasteiger charge is 2.18. The molecule has 0 aliphatic heterocycles. The molecule has 0 aliphatic rings. The van der Waals surface area contributed by atoms with E-state index in [9.17, 15) is 9.59 Å². The zero-order valence-corrected chi connectivity index (χ0v) is 11.1. The number of nitriles is 1. The van der Waals surface area contributed by atoms with Crippen LogP contribution < -0.4 is 0 Å². The minimum absolute atomic E-state index is 0.137. The van der Waals surface area contributed by atoms with Crippen LogP contribution in [0.15, 0.2) is 24.3 Å².